The zero-order valence-corrected chi connectivity index (χ0v) is 20.1. The number of nitrogens with zero attached hydrogens (tertiary/aromatic N) is 4. The van der Waals surface area contributed by atoms with E-state index < -0.39 is 11.8 Å². The molecule has 0 bridgehead atoms. The first-order valence-electron chi connectivity index (χ1n) is 11.0. The minimum atomic E-state index is -0.581. The maximum absolute atomic E-state index is 12.9. The Bertz CT molecular complexity index is 1350. The number of rotatable bonds is 6. The first-order chi connectivity index (χ1) is 16.4. The molecule has 0 atom stereocenters. The molecular weight excluding hydrogens is 444 g/mol. The largest absolute Gasteiger partial charge is 0.277 e. The molecule has 1 aromatic heterocycles. The molecule has 0 saturated carbocycles. The Balaban J connectivity index is 1.86. The van der Waals surface area contributed by atoms with E-state index in [4.69, 9.17) is 5.10 Å². The van der Waals surface area contributed by atoms with Crippen LogP contribution < -0.4 is 0 Å². The summed E-state index contributed by atoms with van der Waals surface area (Å²) in [7, 11) is 1.39. The fourth-order valence-corrected chi connectivity index (χ4v) is 4.48. The molecule has 6 nitrogen and oxygen atoms in total. The smallest absolute Gasteiger partial charge is 0.271 e. The van der Waals surface area contributed by atoms with Crippen LogP contribution in [0.15, 0.2) is 82.4 Å². The Morgan fingerprint density at radius 2 is 1.76 bits per heavy atom. The van der Waals surface area contributed by atoms with E-state index in [1.54, 1.807) is 29.4 Å². The molecule has 4 rings (SSSR count). The van der Waals surface area contributed by atoms with Crippen molar-refractivity contribution >= 4 is 29.7 Å². The summed E-state index contributed by atoms with van der Waals surface area (Å²) in [6.07, 6.45) is 4.69. The van der Waals surface area contributed by atoms with E-state index in [-0.39, 0.29) is 5.57 Å². The number of carbonyl (C=O) groups excluding carboxylic acids is 2. The summed E-state index contributed by atoms with van der Waals surface area (Å²) in [5, 5.41) is 14.3. The van der Waals surface area contributed by atoms with Crippen molar-refractivity contribution in [2.24, 2.45) is 0 Å². The van der Waals surface area contributed by atoms with Crippen LogP contribution in [0.5, 0.6) is 0 Å². The van der Waals surface area contributed by atoms with E-state index in [9.17, 15) is 14.9 Å². The van der Waals surface area contributed by atoms with Crippen LogP contribution in [0.2, 0.25) is 0 Å². The summed E-state index contributed by atoms with van der Waals surface area (Å²) in [4.78, 5) is 27.5. The van der Waals surface area contributed by atoms with E-state index in [0.717, 1.165) is 33.9 Å². The number of benzene rings is 2. The van der Waals surface area contributed by atoms with Gasteiger partial charge in [-0.05, 0) is 55.0 Å². The Hall–Kier alpha value is -3.89. The number of hydrogen-bond acceptors (Lipinski definition) is 5. The molecule has 170 valence electrons. The summed E-state index contributed by atoms with van der Waals surface area (Å²) < 4.78 is 1.77. The van der Waals surface area contributed by atoms with Gasteiger partial charge in [-0.15, -0.1) is 11.8 Å². The van der Waals surface area contributed by atoms with Crippen molar-refractivity contribution < 1.29 is 9.59 Å². The lowest BCUT2D eigenvalue weighted by Gasteiger charge is -2.23. The molecule has 2 heterocycles. The quantitative estimate of drug-likeness (QED) is 0.280. The summed E-state index contributed by atoms with van der Waals surface area (Å²) in [6, 6.07) is 19.9. The minimum Gasteiger partial charge on any atom is -0.277 e. The number of para-hydroxylation sites is 1. The fourth-order valence-electron chi connectivity index (χ4n) is 3.71. The zero-order valence-electron chi connectivity index (χ0n) is 19.3. The van der Waals surface area contributed by atoms with Crippen LogP contribution in [-0.2, 0) is 9.59 Å². The van der Waals surface area contributed by atoms with E-state index in [1.807, 2.05) is 54.7 Å². The molecule has 2 amide bonds. The summed E-state index contributed by atoms with van der Waals surface area (Å²) >= 11 is 1.81. The minimum absolute atomic E-state index is 0.0253. The number of nitriles is 1. The van der Waals surface area contributed by atoms with Gasteiger partial charge >= 0.3 is 0 Å². The van der Waals surface area contributed by atoms with Crippen molar-refractivity contribution in [2.45, 2.75) is 25.2 Å². The second kappa shape index (κ2) is 9.94. The van der Waals surface area contributed by atoms with Crippen LogP contribution in [0.1, 0.15) is 25.8 Å². The maximum Gasteiger partial charge on any atom is 0.271 e. The van der Waals surface area contributed by atoms with Gasteiger partial charge in [0.05, 0.1) is 11.4 Å². The fraction of sp³-hybridized carbons (Fsp3) is 0.185. The molecule has 7 heteroatoms. The summed E-state index contributed by atoms with van der Waals surface area (Å²) in [6.45, 7) is 3.79. The van der Waals surface area contributed by atoms with Crippen molar-refractivity contribution in [3.8, 4) is 23.0 Å². The number of thioether (sulfide) groups is 1. The van der Waals surface area contributed by atoms with Crippen LogP contribution in [0.25, 0.3) is 23.0 Å². The van der Waals surface area contributed by atoms with Crippen molar-refractivity contribution in [2.75, 3.05) is 12.8 Å². The molecule has 0 N–H and O–H groups in total. The van der Waals surface area contributed by atoms with Gasteiger partial charge in [-0.25, -0.2) is 4.68 Å². The van der Waals surface area contributed by atoms with E-state index in [1.165, 1.54) is 11.9 Å². The van der Waals surface area contributed by atoms with Gasteiger partial charge in [0.15, 0.2) is 0 Å². The number of likely N-dealkylation sites (N-methyl/N-ethyl adjacent to an activating group) is 1. The Labute approximate surface area is 203 Å². The van der Waals surface area contributed by atoms with Crippen molar-refractivity contribution in [1.82, 2.24) is 14.7 Å². The predicted molar refractivity (Wildman–Crippen MR) is 134 cm³/mol. The van der Waals surface area contributed by atoms with Crippen molar-refractivity contribution in [3.63, 3.8) is 0 Å². The Morgan fingerprint density at radius 3 is 2.41 bits per heavy atom. The Kier molecular flexibility index (Phi) is 6.80. The predicted octanol–water partition coefficient (Wildman–Crippen LogP) is 5.26. The average molecular weight is 469 g/mol. The van der Waals surface area contributed by atoms with Crippen LogP contribution in [0.4, 0.5) is 0 Å². The highest BCUT2D eigenvalue weighted by Gasteiger charge is 2.33. The monoisotopic (exact) mass is 468 g/mol. The van der Waals surface area contributed by atoms with Gasteiger partial charge in [-0.2, -0.15) is 10.4 Å². The lowest BCUT2D eigenvalue weighted by atomic mass is 9.93. The molecular formula is C27H24N4O2S. The van der Waals surface area contributed by atoms with Gasteiger partial charge < -0.3 is 0 Å². The van der Waals surface area contributed by atoms with E-state index in [0.29, 0.717) is 16.8 Å². The van der Waals surface area contributed by atoms with Gasteiger partial charge in [0, 0.05) is 34.8 Å². The lowest BCUT2D eigenvalue weighted by Crippen LogP contribution is -2.39. The standard InChI is InChI=1S/C27H24N4O2S/c1-4-14-34-22-12-10-19(11-13-22)25-20(17-31(29-25)21-8-6-5-7-9-21)15-23-18(2)24(16-28)27(33)30(3)26(23)32/h5-13,15,17H,4,14H2,1-3H3/b23-15+. The third-order valence-corrected chi connectivity index (χ3v) is 6.83. The lowest BCUT2D eigenvalue weighted by molar-refractivity contribution is -0.138. The first-order valence-corrected chi connectivity index (χ1v) is 12.0. The molecule has 2 aromatic carbocycles. The third kappa shape index (κ3) is 4.45. The van der Waals surface area contributed by atoms with E-state index in [2.05, 4.69) is 19.1 Å². The normalized spacial score (nSPS) is 15.2. The highest BCUT2D eigenvalue weighted by atomic mass is 32.2. The van der Waals surface area contributed by atoms with Gasteiger partial charge in [0.2, 0.25) is 0 Å². The molecule has 3 aromatic rings. The van der Waals surface area contributed by atoms with E-state index >= 15 is 0 Å². The molecule has 0 spiro atoms. The zero-order chi connectivity index (χ0) is 24.2. The summed E-state index contributed by atoms with van der Waals surface area (Å²) in [5.41, 5.74) is 3.89. The highest BCUT2D eigenvalue weighted by Crippen LogP contribution is 2.31. The SMILES string of the molecule is CCCSc1ccc(-c2nn(-c3ccccc3)cc2/C=C2/C(=O)N(C)C(=O)C(C#N)=C2C)cc1. The topological polar surface area (TPSA) is 79.0 Å². The third-order valence-electron chi connectivity index (χ3n) is 5.61. The molecule has 0 fully saturated rings. The van der Waals surface area contributed by atoms with Crippen LogP contribution in [0, 0.1) is 11.3 Å². The second-order valence-corrected chi connectivity index (χ2v) is 9.09. The highest BCUT2D eigenvalue weighted by molar-refractivity contribution is 7.99. The van der Waals surface area contributed by atoms with Crippen molar-refractivity contribution in [3.05, 3.63) is 83.1 Å². The van der Waals surface area contributed by atoms with Gasteiger partial charge in [-0.3, -0.25) is 14.5 Å². The number of imide groups is 1. The van der Waals surface area contributed by atoms with Crippen LogP contribution in [-0.4, -0.2) is 39.3 Å². The van der Waals surface area contributed by atoms with Crippen molar-refractivity contribution in [1.29, 1.82) is 5.26 Å². The molecule has 34 heavy (non-hydrogen) atoms. The van der Waals surface area contributed by atoms with Crippen LogP contribution in [0.3, 0.4) is 0 Å². The molecule has 1 aliphatic heterocycles. The number of aromatic nitrogens is 2. The van der Waals surface area contributed by atoms with Gasteiger partial charge in [-0.1, -0.05) is 37.3 Å². The number of carbonyl (C=O) groups is 2. The van der Waals surface area contributed by atoms with Crippen LogP contribution >= 0.6 is 11.8 Å². The Morgan fingerprint density at radius 1 is 1.06 bits per heavy atom. The van der Waals surface area contributed by atoms with Gasteiger partial charge in [0.25, 0.3) is 11.8 Å². The van der Waals surface area contributed by atoms with Gasteiger partial charge in [0.1, 0.15) is 11.6 Å². The summed E-state index contributed by atoms with van der Waals surface area (Å²) in [5.74, 6) is 0.0364. The second-order valence-electron chi connectivity index (χ2n) is 7.93. The molecule has 0 unspecified atom stereocenters. The first kappa shape index (κ1) is 23.3. The molecule has 0 saturated heterocycles. The number of amides is 2. The molecule has 1 aliphatic rings. The average Bonchev–Trinajstić information content (AvgIpc) is 3.29. The molecule has 0 aliphatic carbocycles. The number of hydrogen-bond donors (Lipinski definition) is 0. The maximum atomic E-state index is 12.9. The molecule has 0 radical (unpaired) electrons.